The molecule has 1 unspecified atom stereocenters. The Morgan fingerprint density at radius 1 is 1.14 bits per heavy atom. The van der Waals surface area contributed by atoms with E-state index in [0.717, 1.165) is 29.2 Å². The first-order valence-corrected chi connectivity index (χ1v) is 6.37. The molecule has 1 aromatic heterocycles. The van der Waals surface area contributed by atoms with Gasteiger partial charge in [0.05, 0.1) is 0 Å². The quantitative estimate of drug-likeness (QED) is 0.646. The molecule has 0 bridgehead atoms. The number of nitrogens with zero attached hydrogens (tertiary/aromatic N) is 1. The second kappa shape index (κ2) is 7.99. The predicted molar refractivity (Wildman–Crippen MR) is 75.7 cm³/mol. The zero-order valence-corrected chi connectivity index (χ0v) is 12.0. The molecule has 0 aliphatic rings. The summed E-state index contributed by atoms with van der Waals surface area (Å²) in [5.74, 6) is -0.550. The number of rotatable bonds is 2. The number of nitrogens with one attached hydrogen (secondary N) is 1. The van der Waals surface area contributed by atoms with Crippen molar-refractivity contribution < 1.29 is 17.6 Å². The SMILES string of the molecule is CNC(c1ccc(F)cc1)C(F)(F)F.Sc1cccnc1. The highest BCUT2D eigenvalue weighted by atomic mass is 32.1. The predicted octanol–water partition coefficient (Wildman–Crippen LogP) is 4.02. The average Bonchev–Trinajstić information content (AvgIpc) is 2.42. The van der Waals surface area contributed by atoms with Crippen molar-refractivity contribution in [2.75, 3.05) is 7.05 Å². The zero-order valence-electron chi connectivity index (χ0n) is 11.1. The third-order valence-electron chi connectivity index (χ3n) is 2.47. The van der Waals surface area contributed by atoms with Crippen LogP contribution >= 0.6 is 12.6 Å². The zero-order chi connectivity index (χ0) is 15.9. The van der Waals surface area contributed by atoms with Gasteiger partial charge in [0.15, 0.2) is 0 Å². The van der Waals surface area contributed by atoms with Gasteiger partial charge in [-0.1, -0.05) is 12.1 Å². The van der Waals surface area contributed by atoms with Crippen LogP contribution < -0.4 is 5.32 Å². The molecule has 0 saturated heterocycles. The summed E-state index contributed by atoms with van der Waals surface area (Å²) < 4.78 is 49.5. The van der Waals surface area contributed by atoms with Crippen molar-refractivity contribution in [1.82, 2.24) is 10.3 Å². The molecular formula is C14H14F4N2S. The topological polar surface area (TPSA) is 24.9 Å². The van der Waals surface area contributed by atoms with Crippen molar-refractivity contribution in [2.24, 2.45) is 0 Å². The highest BCUT2D eigenvalue weighted by molar-refractivity contribution is 7.80. The van der Waals surface area contributed by atoms with Gasteiger partial charge in [-0.15, -0.1) is 12.6 Å². The number of pyridine rings is 1. The van der Waals surface area contributed by atoms with Crippen LogP contribution in [0.2, 0.25) is 0 Å². The van der Waals surface area contributed by atoms with Crippen molar-refractivity contribution in [1.29, 1.82) is 0 Å². The first-order chi connectivity index (χ1) is 9.84. The Balaban J connectivity index is 0.000000262. The Morgan fingerprint density at radius 3 is 2.10 bits per heavy atom. The van der Waals surface area contributed by atoms with E-state index in [9.17, 15) is 17.6 Å². The van der Waals surface area contributed by atoms with Crippen molar-refractivity contribution in [2.45, 2.75) is 17.1 Å². The fraction of sp³-hybridized carbons (Fsp3) is 0.214. The molecule has 21 heavy (non-hydrogen) atoms. The van der Waals surface area contributed by atoms with E-state index in [1.807, 2.05) is 12.1 Å². The van der Waals surface area contributed by atoms with Crippen molar-refractivity contribution in [3.63, 3.8) is 0 Å². The first-order valence-electron chi connectivity index (χ1n) is 5.93. The summed E-state index contributed by atoms with van der Waals surface area (Å²) in [5.41, 5.74) is 0.00130. The van der Waals surface area contributed by atoms with Crippen LogP contribution in [0.3, 0.4) is 0 Å². The lowest BCUT2D eigenvalue weighted by Gasteiger charge is -2.19. The minimum Gasteiger partial charge on any atom is -0.306 e. The number of benzene rings is 1. The normalized spacial score (nSPS) is 12.3. The van der Waals surface area contributed by atoms with Crippen LogP contribution in [0.5, 0.6) is 0 Å². The number of aromatic nitrogens is 1. The summed E-state index contributed by atoms with van der Waals surface area (Å²) in [5, 5.41) is 2.13. The van der Waals surface area contributed by atoms with Crippen LogP contribution in [0, 0.1) is 5.82 Å². The van der Waals surface area contributed by atoms with E-state index in [0.29, 0.717) is 0 Å². The van der Waals surface area contributed by atoms with Crippen molar-refractivity contribution >= 4 is 12.6 Å². The number of hydrogen-bond donors (Lipinski definition) is 2. The van der Waals surface area contributed by atoms with Crippen LogP contribution in [-0.2, 0) is 0 Å². The molecule has 1 atom stereocenters. The molecule has 1 aromatic carbocycles. The van der Waals surface area contributed by atoms with Gasteiger partial charge in [0.1, 0.15) is 11.9 Å². The molecule has 0 saturated carbocycles. The van der Waals surface area contributed by atoms with Crippen LogP contribution in [0.25, 0.3) is 0 Å². The van der Waals surface area contributed by atoms with Crippen LogP contribution in [0.4, 0.5) is 17.6 Å². The molecular weight excluding hydrogens is 304 g/mol. The maximum atomic E-state index is 12.4. The van der Waals surface area contributed by atoms with Crippen molar-refractivity contribution in [3.05, 3.63) is 60.2 Å². The van der Waals surface area contributed by atoms with E-state index in [1.165, 1.54) is 7.05 Å². The Labute approximate surface area is 125 Å². The molecule has 1 N–H and O–H groups in total. The van der Waals surface area contributed by atoms with E-state index in [1.54, 1.807) is 12.4 Å². The fourth-order valence-corrected chi connectivity index (χ4v) is 1.68. The monoisotopic (exact) mass is 318 g/mol. The summed E-state index contributed by atoms with van der Waals surface area (Å²) >= 11 is 4.02. The molecule has 0 spiro atoms. The molecule has 1 heterocycles. The minimum atomic E-state index is -4.37. The van der Waals surface area contributed by atoms with Crippen LogP contribution in [0.1, 0.15) is 11.6 Å². The molecule has 114 valence electrons. The van der Waals surface area contributed by atoms with Crippen LogP contribution in [0.15, 0.2) is 53.7 Å². The number of alkyl halides is 3. The van der Waals surface area contributed by atoms with Gasteiger partial charge in [-0.3, -0.25) is 4.98 Å². The van der Waals surface area contributed by atoms with Gasteiger partial charge in [0.25, 0.3) is 0 Å². The molecule has 2 aromatic rings. The first kappa shape index (κ1) is 17.5. The standard InChI is InChI=1S/C9H9F4N.C5H5NS/c1-14-8(9(11,12)13)6-2-4-7(10)5-3-6;7-5-2-1-3-6-4-5/h2-5,8,14H,1H3;1-4,7H. The summed E-state index contributed by atoms with van der Waals surface area (Å²) in [4.78, 5) is 4.71. The van der Waals surface area contributed by atoms with Crippen molar-refractivity contribution in [3.8, 4) is 0 Å². The lowest BCUT2D eigenvalue weighted by atomic mass is 10.1. The summed E-state index contributed by atoms with van der Waals surface area (Å²) in [7, 11) is 1.21. The minimum absolute atomic E-state index is 0.00130. The summed E-state index contributed by atoms with van der Waals surface area (Å²) in [6.45, 7) is 0. The molecule has 0 amide bonds. The average molecular weight is 318 g/mol. The van der Waals surface area contributed by atoms with Gasteiger partial charge in [-0.2, -0.15) is 13.2 Å². The van der Waals surface area contributed by atoms with Crippen LogP contribution in [-0.4, -0.2) is 18.2 Å². The van der Waals surface area contributed by atoms with Gasteiger partial charge in [0.2, 0.25) is 0 Å². The lowest BCUT2D eigenvalue weighted by Crippen LogP contribution is -2.31. The lowest BCUT2D eigenvalue weighted by molar-refractivity contribution is -0.156. The summed E-state index contributed by atoms with van der Waals surface area (Å²) in [6.07, 6.45) is -0.949. The fourth-order valence-electron chi connectivity index (χ4n) is 1.53. The van der Waals surface area contributed by atoms with Gasteiger partial charge in [-0.05, 0) is 36.9 Å². The molecule has 0 aliphatic carbocycles. The second-order valence-corrected chi connectivity index (χ2v) is 4.54. The maximum Gasteiger partial charge on any atom is 0.407 e. The smallest absolute Gasteiger partial charge is 0.306 e. The van der Waals surface area contributed by atoms with Gasteiger partial charge in [0, 0.05) is 17.3 Å². The number of halogens is 4. The second-order valence-electron chi connectivity index (χ2n) is 4.03. The molecule has 0 fully saturated rings. The molecule has 0 radical (unpaired) electrons. The third-order valence-corrected chi connectivity index (χ3v) is 2.73. The molecule has 7 heteroatoms. The van der Waals surface area contributed by atoms with E-state index in [-0.39, 0.29) is 5.56 Å². The largest absolute Gasteiger partial charge is 0.407 e. The number of hydrogen-bond acceptors (Lipinski definition) is 3. The molecule has 0 aliphatic heterocycles. The van der Waals surface area contributed by atoms with E-state index in [4.69, 9.17) is 0 Å². The molecule has 2 nitrogen and oxygen atoms in total. The Bertz CT molecular complexity index is 529. The Hall–Kier alpha value is -1.60. The van der Waals surface area contributed by atoms with E-state index in [2.05, 4.69) is 22.9 Å². The summed E-state index contributed by atoms with van der Waals surface area (Å²) in [6, 6.07) is 6.23. The molecule has 2 rings (SSSR count). The third kappa shape index (κ3) is 6.14. The maximum absolute atomic E-state index is 12.4. The number of thiol groups is 1. The van der Waals surface area contributed by atoms with Gasteiger partial charge < -0.3 is 5.32 Å². The Morgan fingerprint density at radius 2 is 1.76 bits per heavy atom. The highest BCUT2D eigenvalue weighted by Gasteiger charge is 2.39. The van der Waals surface area contributed by atoms with E-state index >= 15 is 0 Å². The Kier molecular flexibility index (Phi) is 6.64. The van der Waals surface area contributed by atoms with E-state index < -0.39 is 18.0 Å². The van der Waals surface area contributed by atoms with Gasteiger partial charge in [-0.25, -0.2) is 4.39 Å². The van der Waals surface area contributed by atoms with Gasteiger partial charge >= 0.3 is 6.18 Å². The highest BCUT2D eigenvalue weighted by Crippen LogP contribution is 2.32.